The van der Waals surface area contributed by atoms with Gasteiger partial charge < -0.3 is 30.1 Å². The van der Waals surface area contributed by atoms with Gasteiger partial charge in [-0.05, 0) is 26.7 Å². The number of benzene rings is 1. The van der Waals surface area contributed by atoms with Crippen molar-refractivity contribution >= 4 is 16.6 Å². The van der Waals surface area contributed by atoms with Gasteiger partial charge in [0, 0.05) is 0 Å². The third-order valence-corrected chi connectivity index (χ3v) is 3.60. The van der Waals surface area contributed by atoms with Crippen LogP contribution in [0.4, 0.5) is 5.69 Å². The van der Waals surface area contributed by atoms with E-state index in [1.807, 2.05) is 18.2 Å². The summed E-state index contributed by atoms with van der Waals surface area (Å²) < 4.78 is 0. The van der Waals surface area contributed by atoms with Crippen molar-refractivity contribution in [2.24, 2.45) is 5.92 Å². The van der Waals surface area contributed by atoms with Gasteiger partial charge in [-0.3, -0.25) is 0 Å². The molecule has 22 heavy (non-hydrogen) atoms. The van der Waals surface area contributed by atoms with E-state index < -0.39 is 0 Å². The minimum absolute atomic E-state index is 0. The number of halogens is 2. The van der Waals surface area contributed by atoms with E-state index in [2.05, 4.69) is 69.0 Å². The van der Waals surface area contributed by atoms with Crippen LogP contribution in [-0.4, -0.2) is 11.0 Å². The topological polar surface area (TPSA) is 14.1 Å². The van der Waals surface area contributed by atoms with Crippen LogP contribution in [0.5, 0.6) is 0 Å². The average molecular weight is 434 g/mol. The fourth-order valence-corrected chi connectivity index (χ4v) is 2.16. The van der Waals surface area contributed by atoms with E-state index in [0.717, 1.165) is 5.69 Å². The van der Waals surface area contributed by atoms with Gasteiger partial charge in [-0.25, -0.2) is 0 Å². The van der Waals surface area contributed by atoms with Gasteiger partial charge in [0.15, 0.2) is 0 Å². The molecule has 0 aromatic heterocycles. The smallest absolute Gasteiger partial charge is 1.00 e. The second-order valence-electron chi connectivity index (χ2n) is 5.49. The molecule has 1 nitrogen and oxygen atoms in total. The van der Waals surface area contributed by atoms with E-state index in [0.29, 0.717) is 5.92 Å². The van der Waals surface area contributed by atoms with Crippen LogP contribution >= 0.6 is 0 Å². The van der Waals surface area contributed by atoms with Crippen LogP contribution in [0.15, 0.2) is 52.7 Å². The average Bonchev–Trinajstić information content (AvgIpc) is 2.57. The summed E-state index contributed by atoms with van der Waals surface area (Å²) in [6, 6.07) is 10.2. The standard InChI is InChI=1S/C15H18N.C2H6Ge.2ClH.Ti/c1-10-11(2)13(4)15(12(10)3)16-14-8-6-5-7-9-14;1-3-2;;;/h5-9,12H,1-4H3;1-2H3;2*1H;/q-1;;;;+2/p-2. The molecule has 5 heteroatoms. The molecule has 0 saturated heterocycles. The van der Waals surface area contributed by atoms with Crippen molar-refractivity contribution in [2.45, 2.75) is 39.2 Å². The molecule has 1 unspecified atom stereocenters. The molecular formula is C17H24Cl2GeNTi-. The predicted molar refractivity (Wildman–Crippen MR) is 87.2 cm³/mol. The van der Waals surface area contributed by atoms with E-state index in [-0.39, 0.29) is 35.8 Å². The van der Waals surface area contributed by atoms with Crippen molar-refractivity contribution in [1.29, 1.82) is 0 Å². The summed E-state index contributed by atoms with van der Waals surface area (Å²) in [7, 11) is -0.333. The Hall–Kier alpha value is 0.337. The van der Waals surface area contributed by atoms with E-state index in [1.54, 1.807) is 0 Å². The van der Waals surface area contributed by atoms with Gasteiger partial charge in [0.25, 0.3) is 0 Å². The Kier molecular flexibility index (Phi) is 13.2. The summed E-state index contributed by atoms with van der Waals surface area (Å²) in [6.45, 7) is 8.80. The van der Waals surface area contributed by atoms with Crippen molar-refractivity contribution in [3.8, 4) is 0 Å². The Bertz CT molecular complexity index is 549. The summed E-state index contributed by atoms with van der Waals surface area (Å²) in [5, 5.41) is 4.76. The minimum atomic E-state index is -0.333. The molecule has 0 spiro atoms. The molecule has 1 aromatic rings. The van der Waals surface area contributed by atoms with Crippen molar-refractivity contribution < 1.29 is 42.4 Å². The molecule has 0 fully saturated rings. The Balaban J connectivity index is 0. The zero-order valence-electron chi connectivity index (χ0n) is 14.2. The molecule has 1 aliphatic carbocycles. The molecule has 1 atom stereocenters. The van der Waals surface area contributed by atoms with E-state index in [9.17, 15) is 0 Å². The summed E-state index contributed by atoms with van der Waals surface area (Å²) in [5.41, 5.74) is 6.47. The van der Waals surface area contributed by atoms with Crippen molar-refractivity contribution in [3.63, 3.8) is 0 Å². The molecule has 120 valence electrons. The van der Waals surface area contributed by atoms with Gasteiger partial charge >= 0.3 is 40.1 Å². The molecule has 0 radical (unpaired) electrons. The third-order valence-electron chi connectivity index (χ3n) is 3.60. The normalized spacial score (nSPS) is 16.3. The van der Waals surface area contributed by atoms with Crippen LogP contribution in [0.3, 0.4) is 0 Å². The zero-order valence-corrected chi connectivity index (χ0v) is 19.3. The predicted octanol–water partition coefficient (Wildman–Crippen LogP) is -0.256. The monoisotopic (exact) mass is 434 g/mol. The molecular weight excluding hydrogens is 410 g/mol. The first-order valence-corrected chi connectivity index (χ1v) is 16.3. The number of nitrogens with zero attached hydrogens (tertiary/aromatic N) is 1. The molecule has 1 aliphatic rings. The van der Waals surface area contributed by atoms with Crippen LogP contribution in [0.25, 0.3) is 5.32 Å². The quantitative estimate of drug-likeness (QED) is 0.571. The summed E-state index contributed by atoms with van der Waals surface area (Å²) in [4.78, 5) is 0. The van der Waals surface area contributed by atoms with Gasteiger partial charge in [0.05, 0.1) is 0 Å². The van der Waals surface area contributed by atoms with Crippen LogP contribution < -0.4 is 24.8 Å². The third kappa shape index (κ3) is 7.27. The number of hydrogen-bond acceptors (Lipinski definition) is 0. The Morgan fingerprint density at radius 2 is 1.41 bits per heavy atom. The minimum Gasteiger partial charge on any atom is -1.00 e. The van der Waals surface area contributed by atoms with E-state index in [1.165, 1.54) is 22.4 Å². The van der Waals surface area contributed by atoms with Crippen LogP contribution in [-0.2, 0) is 17.6 Å². The second kappa shape index (κ2) is 11.8. The summed E-state index contributed by atoms with van der Waals surface area (Å²) in [5.74, 6) is 5.13. The van der Waals surface area contributed by atoms with Gasteiger partial charge in [-0.15, -0.1) is 11.4 Å². The maximum absolute atomic E-state index is 4.76. The van der Waals surface area contributed by atoms with Crippen molar-refractivity contribution in [1.82, 2.24) is 0 Å². The largest absolute Gasteiger partial charge is 1.00 e. The Morgan fingerprint density at radius 1 is 0.955 bits per heavy atom. The van der Waals surface area contributed by atoms with Crippen LogP contribution in [0.2, 0.25) is 11.5 Å². The van der Waals surface area contributed by atoms with Gasteiger partial charge in [0.1, 0.15) is 0 Å². The van der Waals surface area contributed by atoms with Crippen LogP contribution in [0.1, 0.15) is 27.7 Å². The van der Waals surface area contributed by atoms with E-state index >= 15 is 0 Å². The first-order chi connectivity index (χ1) is 9.34. The van der Waals surface area contributed by atoms with Crippen LogP contribution in [0, 0.1) is 5.92 Å². The fraction of sp³-hybridized carbons (Fsp3) is 0.412. The van der Waals surface area contributed by atoms with E-state index in [4.69, 9.17) is 5.32 Å². The Labute approximate surface area is 161 Å². The van der Waals surface area contributed by atoms with Crippen molar-refractivity contribution in [2.75, 3.05) is 0 Å². The van der Waals surface area contributed by atoms with Gasteiger partial charge in [-0.1, -0.05) is 54.0 Å². The summed E-state index contributed by atoms with van der Waals surface area (Å²) in [6.07, 6.45) is 0. The van der Waals surface area contributed by atoms with Crippen molar-refractivity contribution in [3.05, 3.63) is 58.1 Å². The number of allylic oxidation sites excluding steroid dienone is 3. The molecule has 0 N–H and O–H groups in total. The first-order valence-electron chi connectivity index (χ1n) is 7.01. The molecule has 1 aromatic carbocycles. The molecule has 0 heterocycles. The molecule has 0 aliphatic heterocycles. The molecule has 0 amide bonds. The number of rotatable bonds is 2. The number of para-hydroxylation sites is 1. The summed E-state index contributed by atoms with van der Waals surface area (Å²) >= 11 is 2.33. The molecule has 0 saturated carbocycles. The second-order valence-corrected chi connectivity index (χ2v) is 17.8. The maximum atomic E-state index is 4.76. The van der Waals surface area contributed by atoms with Gasteiger partial charge in [0.2, 0.25) is 0 Å². The number of hydrogen-bond donors (Lipinski definition) is 0. The molecule has 2 rings (SSSR count). The van der Waals surface area contributed by atoms with Gasteiger partial charge in [-0.2, -0.15) is 0 Å². The zero-order chi connectivity index (χ0) is 15.3. The molecule has 0 bridgehead atoms. The Morgan fingerprint density at radius 3 is 1.77 bits per heavy atom. The maximum Gasteiger partial charge on any atom is -1.00 e. The SMILES string of the molecule is CC1=C(C)C(C)C([N-]c2ccccc2)=C1C.[CH3][Ge]([CH3])=[Ti+2].[Cl-].[Cl-]. The first kappa shape index (κ1) is 24.6. The fourth-order valence-electron chi connectivity index (χ4n) is 2.16.